The number of piperazine rings is 1. The summed E-state index contributed by atoms with van der Waals surface area (Å²) in [5, 5.41) is 7.39. The smallest absolute Gasteiger partial charge is 0.257 e. The molecule has 0 aliphatic carbocycles. The number of amides is 1. The van der Waals surface area contributed by atoms with Crippen molar-refractivity contribution in [1.29, 1.82) is 0 Å². The summed E-state index contributed by atoms with van der Waals surface area (Å²) in [7, 11) is 0. The van der Waals surface area contributed by atoms with Crippen LogP contribution >= 0.6 is 0 Å². The third kappa shape index (κ3) is 4.62. The van der Waals surface area contributed by atoms with Crippen LogP contribution in [0, 0.1) is 13.8 Å². The summed E-state index contributed by atoms with van der Waals surface area (Å²) in [5.41, 5.74) is 4.53. The van der Waals surface area contributed by atoms with Gasteiger partial charge in [0, 0.05) is 50.8 Å². The number of benzene rings is 1. The molecule has 1 aliphatic rings. The van der Waals surface area contributed by atoms with Gasteiger partial charge in [0.2, 0.25) is 0 Å². The highest BCUT2D eigenvalue weighted by Gasteiger charge is 2.18. The molecule has 0 atom stereocenters. The second-order valence-corrected chi connectivity index (χ2v) is 7.98. The standard InChI is InChI=1S/C23H30N6O/c1-18-7-5-8-20(17-18)28-15-13-27(14-16-28)11-4-3-9-25-23(30)21-19(2)26-29-12-6-10-24-22(21)29/h5-8,10,12,17H,3-4,9,11,13-16H2,1-2H3,(H,25,30). The van der Waals surface area contributed by atoms with Crippen LogP contribution in [0.15, 0.2) is 42.7 Å². The van der Waals surface area contributed by atoms with Crippen LogP contribution in [0.5, 0.6) is 0 Å². The maximum absolute atomic E-state index is 12.6. The van der Waals surface area contributed by atoms with Gasteiger partial charge in [0.15, 0.2) is 5.65 Å². The Kier molecular flexibility index (Phi) is 6.28. The van der Waals surface area contributed by atoms with Crippen molar-refractivity contribution >= 4 is 17.2 Å². The van der Waals surface area contributed by atoms with Gasteiger partial charge in [-0.3, -0.25) is 9.69 Å². The average molecular weight is 407 g/mol. The molecule has 30 heavy (non-hydrogen) atoms. The number of fused-ring (bicyclic) bond motifs is 1. The van der Waals surface area contributed by atoms with Gasteiger partial charge < -0.3 is 10.2 Å². The molecule has 0 saturated carbocycles. The molecule has 1 aliphatic heterocycles. The monoisotopic (exact) mass is 406 g/mol. The Morgan fingerprint density at radius 3 is 2.73 bits per heavy atom. The lowest BCUT2D eigenvalue weighted by molar-refractivity contribution is 0.0953. The van der Waals surface area contributed by atoms with E-state index >= 15 is 0 Å². The first-order valence-corrected chi connectivity index (χ1v) is 10.7. The Balaban J connectivity index is 1.17. The number of unbranched alkanes of at least 4 members (excludes halogenated alkanes) is 1. The van der Waals surface area contributed by atoms with Gasteiger partial charge in [0.05, 0.1) is 5.69 Å². The van der Waals surface area contributed by atoms with Gasteiger partial charge in [-0.05, 0) is 57.0 Å². The van der Waals surface area contributed by atoms with Crippen molar-refractivity contribution in [2.75, 3.05) is 44.2 Å². The lowest BCUT2D eigenvalue weighted by atomic mass is 10.2. The zero-order chi connectivity index (χ0) is 20.9. The third-order valence-electron chi connectivity index (χ3n) is 5.72. The molecule has 7 heteroatoms. The van der Waals surface area contributed by atoms with E-state index in [-0.39, 0.29) is 5.91 Å². The largest absolute Gasteiger partial charge is 0.369 e. The Bertz CT molecular complexity index is 1010. The van der Waals surface area contributed by atoms with E-state index in [9.17, 15) is 4.79 Å². The van der Waals surface area contributed by atoms with Gasteiger partial charge >= 0.3 is 0 Å². The number of anilines is 1. The minimum absolute atomic E-state index is 0.0898. The van der Waals surface area contributed by atoms with E-state index in [0.717, 1.165) is 45.6 Å². The van der Waals surface area contributed by atoms with Crippen molar-refractivity contribution in [2.45, 2.75) is 26.7 Å². The van der Waals surface area contributed by atoms with E-state index in [1.807, 2.05) is 19.2 Å². The second kappa shape index (κ2) is 9.26. The minimum atomic E-state index is -0.0898. The van der Waals surface area contributed by atoms with E-state index in [1.54, 1.807) is 10.7 Å². The summed E-state index contributed by atoms with van der Waals surface area (Å²) in [6, 6.07) is 10.6. The molecular weight excluding hydrogens is 376 g/mol. The van der Waals surface area contributed by atoms with Crippen LogP contribution in [0.4, 0.5) is 5.69 Å². The Morgan fingerprint density at radius 1 is 1.10 bits per heavy atom. The highest BCUT2D eigenvalue weighted by atomic mass is 16.1. The average Bonchev–Trinajstić information content (AvgIpc) is 3.09. The SMILES string of the molecule is Cc1cccc(N2CCN(CCCCNC(=O)c3c(C)nn4cccnc34)CC2)c1. The first-order chi connectivity index (χ1) is 14.6. The summed E-state index contributed by atoms with van der Waals surface area (Å²) in [4.78, 5) is 21.9. The van der Waals surface area contributed by atoms with Crippen molar-refractivity contribution in [3.63, 3.8) is 0 Å². The minimum Gasteiger partial charge on any atom is -0.369 e. The molecule has 3 heterocycles. The summed E-state index contributed by atoms with van der Waals surface area (Å²) in [6.07, 6.45) is 5.54. The molecule has 158 valence electrons. The van der Waals surface area contributed by atoms with Crippen LogP contribution in [-0.4, -0.2) is 64.7 Å². The lowest BCUT2D eigenvalue weighted by Crippen LogP contribution is -2.46. The third-order valence-corrected chi connectivity index (χ3v) is 5.72. The molecule has 0 bridgehead atoms. The summed E-state index contributed by atoms with van der Waals surface area (Å²) in [5.74, 6) is -0.0898. The van der Waals surface area contributed by atoms with E-state index < -0.39 is 0 Å². The number of hydrogen-bond donors (Lipinski definition) is 1. The number of aryl methyl sites for hydroxylation is 2. The number of rotatable bonds is 7. The Morgan fingerprint density at radius 2 is 1.93 bits per heavy atom. The number of hydrogen-bond acceptors (Lipinski definition) is 5. The van der Waals surface area contributed by atoms with Crippen molar-refractivity contribution in [1.82, 2.24) is 24.8 Å². The fraction of sp³-hybridized carbons (Fsp3) is 0.435. The second-order valence-electron chi connectivity index (χ2n) is 7.98. The molecule has 4 rings (SSSR count). The first-order valence-electron chi connectivity index (χ1n) is 10.7. The number of aromatic nitrogens is 3. The maximum atomic E-state index is 12.6. The van der Waals surface area contributed by atoms with Crippen LogP contribution in [0.25, 0.3) is 5.65 Å². The normalized spacial score (nSPS) is 14.9. The molecule has 0 unspecified atom stereocenters. The highest BCUT2D eigenvalue weighted by Crippen LogP contribution is 2.18. The molecule has 1 amide bonds. The van der Waals surface area contributed by atoms with Crippen molar-refractivity contribution in [2.24, 2.45) is 0 Å². The van der Waals surface area contributed by atoms with Gasteiger partial charge in [-0.1, -0.05) is 12.1 Å². The number of carbonyl (C=O) groups excluding carboxylic acids is 1. The van der Waals surface area contributed by atoms with Gasteiger partial charge in [-0.2, -0.15) is 5.10 Å². The summed E-state index contributed by atoms with van der Waals surface area (Å²) in [6.45, 7) is 10.1. The molecule has 7 nitrogen and oxygen atoms in total. The van der Waals surface area contributed by atoms with Gasteiger partial charge in [-0.15, -0.1) is 0 Å². The molecule has 1 N–H and O–H groups in total. The Hall–Kier alpha value is -2.93. The predicted molar refractivity (Wildman–Crippen MR) is 119 cm³/mol. The molecule has 1 fully saturated rings. The summed E-state index contributed by atoms with van der Waals surface area (Å²) >= 11 is 0. The first kappa shape index (κ1) is 20.3. The van der Waals surface area contributed by atoms with E-state index in [0.29, 0.717) is 23.4 Å². The van der Waals surface area contributed by atoms with E-state index in [1.165, 1.54) is 11.3 Å². The van der Waals surface area contributed by atoms with Crippen molar-refractivity contribution in [3.05, 3.63) is 59.5 Å². The van der Waals surface area contributed by atoms with E-state index in [4.69, 9.17) is 0 Å². The molecule has 2 aromatic heterocycles. The zero-order valence-electron chi connectivity index (χ0n) is 17.8. The fourth-order valence-corrected chi connectivity index (χ4v) is 4.07. The van der Waals surface area contributed by atoms with Gasteiger partial charge in [0.1, 0.15) is 5.56 Å². The number of carbonyl (C=O) groups is 1. The number of nitrogens with zero attached hydrogens (tertiary/aromatic N) is 5. The summed E-state index contributed by atoms with van der Waals surface area (Å²) < 4.78 is 1.65. The van der Waals surface area contributed by atoms with Crippen LogP contribution in [0.2, 0.25) is 0 Å². The zero-order valence-corrected chi connectivity index (χ0v) is 17.8. The van der Waals surface area contributed by atoms with Crippen LogP contribution in [-0.2, 0) is 0 Å². The molecule has 3 aromatic rings. The predicted octanol–water partition coefficient (Wildman–Crippen LogP) is 2.68. The fourth-order valence-electron chi connectivity index (χ4n) is 4.07. The number of nitrogens with one attached hydrogen (secondary N) is 1. The lowest BCUT2D eigenvalue weighted by Gasteiger charge is -2.36. The van der Waals surface area contributed by atoms with Gasteiger partial charge in [0.25, 0.3) is 5.91 Å². The van der Waals surface area contributed by atoms with Crippen LogP contribution in [0.3, 0.4) is 0 Å². The van der Waals surface area contributed by atoms with Crippen molar-refractivity contribution in [3.8, 4) is 0 Å². The van der Waals surface area contributed by atoms with E-state index in [2.05, 4.69) is 56.4 Å². The molecule has 1 saturated heterocycles. The van der Waals surface area contributed by atoms with Crippen molar-refractivity contribution < 1.29 is 4.79 Å². The molecular formula is C23H30N6O. The quantitative estimate of drug-likeness (QED) is 0.611. The maximum Gasteiger partial charge on any atom is 0.257 e. The highest BCUT2D eigenvalue weighted by molar-refractivity contribution is 6.00. The van der Waals surface area contributed by atoms with Gasteiger partial charge in [-0.25, -0.2) is 9.50 Å². The molecule has 0 radical (unpaired) electrons. The Labute approximate surface area is 177 Å². The topological polar surface area (TPSA) is 65.8 Å². The molecule has 0 spiro atoms. The molecule has 1 aromatic carbocycles. The van der Waals surface area contributed by atoms with Crippen LogP contribution < -0.4 is 10.2 Å². The van der Waals surface area contributed by atoms with Crippen LogP contribution in [0.1, 0.15) is 34.5 Å².